The van der Waals surface area contributed by atoms with E-state index in [1.165, 1.54) is 29.0 Å². The van der Waals surface area contributed by atoms with Gasteiger partial charge in [0.25, 0.3) is 11.2 Å². The van der Waals surface area contributed by atoms with E-state index in [0.717, 1.165) is 0 Å². The van der Waals surface area contributed by atoms with Gasteiger partial charge >= 0.3 is 5.97 Å². The highest BCUT2D eigenvalue weighted by atomic mass is 16.6. The van der Waals surface area contributed by atoms with Crippen molar-refractivity contribution in [3.8, 4) is 0 Å². The van der Waals surface area contributed by atoms with Crippen LogP contribution in [0.15, 0.2) is 41.3 Å². The van der Waals surface area contributed by atoms with Crippen LogP contribution in [-0.4, -0.2) is 15.5 Å². The predicted molar refractivity (Wildman–Crippen MR) is 83.3 cm³/mol. The molecule has 7 heteroatoms. The van der Waals surface area contributed by atoms with Gasteiger partial charge in [0.15, 0.2) is 0 Å². The monoisotopic (exact) mass is 316 g/mol. The lowest BCUT2D eigenvalue weighted by Gasteiger charge is -2.14. The van der Waals surface area contributed by atoms with Crippen molar-refractivity contribution in [3.63, 3.8) is 0 Å². The number of pyridine rings is 1. The Kier molecular flexibility index (Phi) is 4.59. The summed E-state index contributed by atoms with van der Waals surface area (Å²) < 4.78 is 6.62. The van der Waals surface area contributed by atoms with Gasteiger partial charge in [-0.05, 0) is 25.5 Å². The van der Waals surface area contributed by atoms with Crippen LogP contribution < -0.4 is 5.56 Å². The van der Waals surface area contributed by atoms with E-state index in [4.69, 9.17) is 4.74 Å². The van der Waals surface area contributed by atoms with E-state index in [1.54, 1.807) is 33.0 Å². The molecule has 0 N–H and O–H groups in total. The summed E-state index contributed by atoms with van der Waals surface area (Å²) in [6.07, 6.45) is 0.797. The Balaban J connectivity index is 2.21. The van der Waals surface area contributed by atoms with Crippen LogP contribution in [-0.2, 0) is 11.8 Å². The maximum absolute atomic E-state index is 12.1. The molecule has 7 nitrogen and oxygen atoms in total. The molecule has 0 radical (unpaired) electrons. The number of benzene rings is 1. The Bertz CT molecular complexity index is 825. The average molecular weight is 316 g/mol. The van der Waals surface area contributed by atoms with Crippen LogP contribution in [0.5, 0.6) is 0 Å². The molecule has 0 unspecified atom stereocenters. The van der Waals surface area contributed by atoms with E-state index in [0.29, 0.717) is 11.1 Å². The Morgan fingerprint density at radius 2 is 2.00 bits per heavy atom. The smallest absolute Gasteiger partial charge is 0.338 e. The van der Waals surface area contributed by atoms with Crippen LogP contribution in [0.25, 0.3) is 0 Å². The number of aryl methyl sites for hydroxylation is 2. The van der Waals surface area contributed by atoms with Crippen molar-refractivity contribution in [2.45, 2.75) is 20.0 Å². The van der Waals surface area contributed by atoms with Crippen molar-refractivity contribution in [2.75, 3.05) is 0 Å². The van der Waals surface area contributed by atoms with E-state index in [9.17, 15) is 19.7 Å². The number of carbonyl (C=O) groups excluding carboxylic acids is 1. The SMILES string of the molecule is Cc1ccc([C@H](C)OC(=O)c2ccn(C)c(=O)c2)cc1[N+](=O)[O-]. The molecule has 2 aromatic rings. The second-order valence-electron chi connectivity index (χ2n) is 5.22. The lowest BCUT2D eigenvalue weighted by Crippen LogP contribution is -2.18. The molecule has 1 atom stereocenters. The third-order valence-electron chi connectivity index (χ3n) is 3.52. The second-order valence-corrected chi connectivity index (χ2v) is 5.22. The van der Waals surface area contributed by atoms with Crippen LogP contribution in [0.2, 0.25) is 0 Å². The molecular formula is C16H16N2O5. The molecule has 120 valence electrons. The van der Waals surface area contributed by atoms with Crippen LogP contribution >= 0.6 is 0 Å². The fourth-order valence-electron chi connectivity index (χ4n) is 2.05. The van der Waals surface area contributed by atoms with Gasteiger partial charge in [0.05, 0.1) is 10.5 Å². The van der Waals surface area contributed by atoms with Gasteiger partial charge in [-0.25, -0.2) is 4.79 Å². The standard InChI is InChI=1S/C16H16N2O5/c1-10-4-5-12(8-14(10)18(21)22)11(2)23-16(20)13-6-7-17(3)15(19)9-13/h4-9,11H,1-3H3/t11-/m0/s1. The molecule has 1 aromatic heterocycles. The molecule has 0 bridgehead atoms. The van der Waals surface area contributed by atoms with E-state index < -0.39 is 17.0 Å². The van der Waals surface area contributed by atoms with Crippen LogP contribution in [0.1, 0.15) is 34.5 Å². The molecule has 0 aliphatic heterocycles. The topological polar surface area (TPSA) is 91.4 Å². The highest BCUT2D eigenvalue weighted by molar-refractivity contribution is 5.89. The summed E-state index contributed by atoms with van der Waals surface area (Å²) >= 11 is 0. The number of esters is 1. The molecule has 1 heterocycles. The molecule has 0 aliphatic rings. The lowest BCUT2D eigenvalue weighted by molar-refractivity contribution is -0.385. The maximum Gasteiger partial charge on any atom is 0.338 e. The van der Waals surface area contributed by atoms with E-state index >= 15 is 0 Å². The van der Waals surface area contributed by atoms with Gasteiger partial charge < -0.3 is 9.30 Å². The van der Waals surface area contributed by atoms with Crippen molar-refractivity contribution >= 4 is 11.7 Å². The van der Waals surface area contributed by atoms with Gasteiger partial charge in [-0.2, -0.15) is 0 Å². The van der Waals surface area contributed by atoms with Gasteiger partial charge in [-0.1, -0.05) is 12.1 Å². The number of nitro benzene ring substituents is 1. The summed E-state index contributed by atoms with van der Waals surface area (Å²) in [7, 11) is 1.57. The third-order valence-corrected chi connectivity index (χ3v) is 3.52. The quantitative estimate of drug-likeness (QED) is 0.491. The van der Waals surface area contributed by atoms with E-state index in [-0.39, 0.29) is 16.8 Å². The third kappa shape index (κ3) is 3.63. The number of aromatic nitrogens is 1. The van der Waals surface area contributed by atoms with Crippen LogP contribution in [0.3, 0.4) is 0 Å². The number of carbonyl (C=O) groups is 1. The summed E-state index contributed by atoms with van der Waals surface area (Å²) in [5.74, 6) is -0.654. The summed E-state index contributed by atoms with van der Waals surface area (Å²) in [6, 6.07) is 7.33. The van der Waals surface area contributed by atoms with Gasteiger partial charge in [0.1, 0.15) is 6.10 Å². The van der Waals surface area contributed by atoms with Gasteiger partial charge in [-0.15, -0.1) is 0 Å². The molecular weight excluding hydrogens is 300 g/mol. The maximum atomic E-state index is 12.1. The first kappa shape index (κ1) is 16.4. The van der Waals surface area contributed by atoms with Crippen molar-refractivity contribution in [1.29, 1.82) is 0 Å². The zero-order chi connectivity index (χ0) is 17.1. The summed E-state index contributed by atoms with van der Waals surface area (Å²) in [6.45, 7) is 3.26. The highest BCUT2D eigenvalue weighted by Crippen LogP contribution is 2.25. The van der Waals surface area contributed by atoms with Crippen molar-refractivity contribution < 1.29 is 14.5 Å². The summed E-state index contributed by atoms with van der Waals surface area (Å²) in [4.78, 5) is 34.1. The first-order chi connectivity index (χ1) is 10.8. The average Bonchev–Trinajstić information content (AvgIpc) is 2.49. The molecule has 1 aromatic carbocycles. The Morgan fingerprint density at radius 1 is 1.30 bits per heavy atom. The zero-order valence-electron chi connectivity index (χ0n) is 13.0. The minimum Gasteiger partial charge on any atom is -0.454 e. The molecule has 2 rings (SSSR count). The zero-order valence-corrected chi connectivity index (χ0v) is 13.0. The molecule has 23 heavy (non-hydrogen) atoms. The van der Waals surface area contributed by atoms with Crippen molar-refractivity contribution in [2.24, 2.45) is 7.05 Å². The Morgan fingerprint density at radius 3 is 2.61 bits per heavy atom. The predicted octanol–water partition coefficient (Wildman–Crippen LogP) is 2.52. The second kappa shape index (κ2) is 6.43. The molecule has 0 saturated carbocycles. The first-order valence-corrected chi connectivity index (χ1v) is 6.92. The number of rotatable bonds is 4. The Labute approximate surface area is 132 Å². The van der Waals surface area contributed by atoms with Crippen LogP contribution in [0, 0.1) is 17.0 Å². The lowest BCUT2D eigenvalue weighted by atomic mass is 10.1. The molecule has 0 aliphatic carbocycles. The normalized spacial score (nSPS) is 11.8. The summed E-state index contributed by atoms with van der Waals surface area (Å²) in [5.41, 5.74) is 0.835. The number of hydrogen-bond donors (Lipinski definition) is 0. The first-order valence-electron chi connectivity index (χ1n) is 6.92. The van der Waals surface area contributed by atoms with Crippen molar-refractivity contribution in [3.05, 3.63) is 73.7 Å². The Hall–Kier alpha value is -2.96. The number of nitro groups is 1. The van der Waals surface area contributed by atoms with E-state index in [1.807, 2.05) is 0 Å². The van der Waals surface area contributed by atoms with Crippen molar-refractivity contribution in [1.82, 2.24) is 4.57 Å². The largest absolute Gasteiger partial charge is 0.454 e. The number of hydrogen-bond acceptors (Lipinski definition) is 5. The number of nitrogens with zero attached hydrogens (tertiary/aromatic N) is 2. The van der Waals surface area contributed by atoms with Gasteiger partial charge in [0.2, 0.25) is 0 Å². The minimum atomic E-state index is -0.675. The van der Waals surface area contributed by atoms with Gasteiger partial charge in [-0.3, -0.25) is 14.9 Å². The molecule has 0 saturated heterocycles. The molecule has 0 amide bonds. The van der Waals surface area contributed by atoms with Crippen LogP contribution in [0.4, 0.5) is 5.69 Å². The molecule has 0 spiro atoms. The minimum absolute atomic E-state index is 0.0287. The fraction of sp³-hybridized carbons (Fsp3) is 0.250. The molecule has 0 fully saturated rings. The summed E-state index contributed by atoms with van der Waals surface area (Å²) in [5, 5.41) is 11.0. The van der Waals surface area contributed by atoms with Gasteiger partial charge in [0, 0.05) is 30.9 Å². The fourth-order valence-corrected chi connectivity index (χ4v) is 2.05. The highest BCUT2D eigenvalue weighted by Gasteiger charge is 2.18. The van der Waals surface area contributed by atoms with E-state index in [2.05, 4.69) is 0 Å². The number of ether oxygens (including phenoxy) is 1.